The van der Waals surface area contributed by atoms with Crippen LogP contribution in [0.15, 0.2) is 18.2 Å². The van der Waals surface area contributed by atoms with Crippen LogP contribution in [0.1, 0.15) is 35.2 Å². The van der Waals surface area contributed by atoms with Crippen molar-refractivity contribution in [2.75, 3.05) is 0 Å². The van der Waals surface area contributed by atoms with Gasteiger partial charge in [0.25, 0.3) is 0 Å². The lowest BCUT2D eigenvalue weighted by molar-refractivity contribution is 0.0855. The summed E-state index contributed by atoms with van der Waals surface area (Å²) in [4.78, 5) is 11.9. The number of aryl methyl sites for hydroxylation is 1. The molecular weight excluding hydrogens is 196 g/mol. The first-order valence-electron chi connectivity index (χ1n) is 4.99. The summed E-state index contributed by atoms with van der Waals surface area (Å²) in [6.45, 7) is 1.93. The molecule has 0 unspecified atom stereocenters. The molecule has 1 aromatic rings. The largest absolute Gasteiger partial charge is 0.294 e. The Morgan fingerprint density at radius 1 is 1.43 bits per heavy atom. The molecule has 1 nitrogen and oxygen atoms in total. The highest BCUT2D eigenvalue weighted by molar-refractivity contribution is 6.34. The third-order valence-electron chi connectivity index (χ3n) is 2.93. The van der Waals surface area contributed by atoms with Crippen molar-refractivity contribution < 1.29 is 4.79 Å². The first-order chi connectivity index (χ1) is 6.70. The molecule has 0 N–H and O–H groups in total. The SMILES string of the molecule is Cc1cccc(C(=O)C2CCC2)c1Cl. The van der Waals surface area contributed by atoms with Gasteiger partial charge < -0.3 is 0 Å². The highest BCUT2D eigenvalue weighted by Crippen LogP contribution is 2.32. The van der Waals surface area contributed by atoms with Gasteiger partial charge in [-0.2, -0.15) is 0 Å². The molecule has 1 saturated carbocycles. The van der Waals surface area contributed by atoms with Crippen LogP contribution >= 0.6 is 11.6 Å². The fourth-order valence-electron chi connectivity index (χ4n) is 1.73. The summed E-state index contributed by atoms with van der Waals surface area (Å²) in [5.74, 6) is 0.458. The van der Waals surface area contributed by atoms with E-state index >= 15 is 0 Å². The Morgan fingerprint density at radius 2 is 2.14 bits per heavy atom. The van der Waals surface area contributed by atoms with E-state index in [1.807, 2.05) is 25.1 Å². The molecule has 0 atom stereocenters. The number of carbonyl (C=O) groups excluding carboxylic acids is 1. The smallest absolute Gasteiger partial charge is 0.167 e. The third kappa shape index (κ3) is 1.57. The summed E-state index contributed by atoms with van der Waals surface area (Å²) in [7, 11) is 0. The average molecular weight is 209 g/mol. The minimum Gasteiger partial charge on any atom is -0.294 e. The van der Waals surface area contributed by atoms with Crippen LogP contribution < -0.4 is 0 Å². The van der Waals surface area contributed by atoms with E-state index in [1.54, 1.807) is 0 Å². The molecule has 2 heteroatoms. The van der Waals surface area contributed by atoms with Gasteiger partial charge in [-0.25, -0.2) is 0 Å². The average Bonchev–Trinajstić information content (AvgIpc) is 2.06. The van der Waals surface area contributed by atoms with E-state index in [0.717, 1.165) is 18.4 Å². The van der Waals surface area contributed by atoms with Crippen LogP contribution in [0.4, 0.5) is 0 Å². The van der Waals surface area contributed by atoms with Gasteiger partial charge in [0.15, 0.2) is 5.78 Å². The van der Waals surface area contributed by atoms with Crippen molar-refractivity contribution in [1.29, 1.82) is 0 Å². The summed E-state index contributed by atoms with van der Waals surface area (Å²) < 4.78 is 0. The van der Waals surface area contributed by atoms with Crippen molar-refractivity contribution in [1.82, 2.24) is 0 Å². The Morgan fingerprint density at radius 3 is 2.71 bits per heavy atom. The molecule has 1 aliphatic rings. The van der Waals surface area contributed by atoms with E-state index in [0.29, 0.717) is 10.6 Å². The zero-order chi connectivity index (χ0) is 10.1. The highest BCUT2D eigenvalue weighted by atomic mass is 35.5. The van der Waals surface area contributed by atoms with Crippen LogP contribution in [0.3, 0.4) is 0 Å². The van der Waals surface area contributed by atoms with Crippen molar-refractivity contribution in [3.63, 3.8) is 0 Å². The maximum atomic E-state index is 11.9. The fourth-order valence-corrected chi connectivity index (χ4v) is 1.95. The van der Waals surface area contributed by atoms with Gasteiger partial charge in [-0.3, -0.25) is 4.79 Å². The summed E-state index contributed by atoms with van der Waals surface area (Å²) in [6, 6.07) is 5.66. The van der Waals surface area contributed by atoms with Crippen LogP contribution in [0, 0.1) is 12.8 Å². The standard InChI is InChI=1S/C12H13ClO/c1-8-4-2-7-10(11(8)13)12(14)9-5-3-6-9/h2,4,7,9H,3,5-6H2,1H3. The Balaban J connectivity index is 2.31. The van der Waals surface area contributed by atoms with E-state index in [1.165, 1.54) is 6.42 Å². The second-order valence-corrected chi connectivity index (χ2v) is 4.31. The lowest BCUT2D eigenvalue weighted by atomic mass is 9.80. The lowest BCUT2D eigenvalue weighted by Crippen LogP contribution is -2.22. The molecular formula is C12H13ClO. The first kappa shape index (κ1) is 9.72. The minimum atomic E-state index is 0.227. The number of halogens is 1. The van der Waals surface area contributed by atoms with Crippen LogP contribution in [0.5, 0.6) is 0 Å². The van der Waals surface area contributed by atoms with Crippen LogP contribution in [0.2, 0.25) is 5.02 Å². The van der Waals surface area contributed by atoms with E-state index in [-0.39, 0.29) is 11.7 Å². The molecule has 0 radical (unpaired) electrons. The Kier molecular flexibility index (Phi) is 2.60. The first-order valence-corrected chi connectivity index (χ1v) is 5.37. The van der Waals surface area contributed by atoms with Crippen molar-refractivity contribution in [3.8, 4) is 0 Å². The molecule has 0 saturated heterocycles. The minimum absolute atomic E-state index is 0.227. The molecule has 0 heterocycles. The molecule has 0 aliphatic heterocycles. The van der Waals surface area contributed by atoms with Crippen molar-refractivity contribution in [2.45, 2.75) is 26.2 Å². The molecule has 1 fully saturated rings. The van der Waals surface area contributed by atoms with Gasteiger partial charge in [0.1, 0.15) is 0 Å². The highest BCUT2D eigenvalue weighted by Gasteiger charge is 2.27. The van der Waals surface area contributed by atoms with Gasteiger partial charge in [-0.15, -0.1) is 0 Å². The van der Waals surface area contributed by atoms with Gasteiger partial charge >= 0.3 is 0 Å². The number of hydrogen-bond acceptors (Lipinski definition) is 1. The number of carbonyl (C=O) groups is 1. The van der Waals surface area contributed by atoms with Crippen LogP contribution in [-0.2, 0) is 0 Å². The van der Waals surface area contributed by atoms with E-state index in [2.05, 4.69) is 0 Å². The quantitative estimate of drug-likeness (QED) is 0.679. The predicted molar refractivity (Wildman–Crippen MR) is 57.9 cm³/mol. The number of ketones is 1. The van der Waals surface area contributed by atoms with E-state index in [9.17, 15) is 4.79 Å². The maximum absolute atomic E-state index is 11.9. The Labute approximate surface area is 89.1 Å². The Hall–Kier alpha value is -0.820. The van der Waals surface area contributed by atoms with Crippen molar-refractivity contribution >= 4 is 17.4 Å². The van der Waals surface area contributed by atoms with E-state index in [4.69, 9.17) is 11.6 Å². The summed E-state index contributed by atoms with van der Waals surface area (Å²) >= 11 is 6.09. The molecule has 0 amide bonds. The number of benzene rings is 1. The fraction of sp³-hybridized carbons (Fsp3) is 0.417. The predicted octanol–water partition coefficient (Wildman–Crippen LogP) is 3.63. The van der Waals surface area contributed by atoms with Crippen molar-refractivity contribution in [3.05, 3.63) is 34.3 Å². The van der Waals surface area contributed by atoms with Gasteiger partial charge in [-0.1, -0.05) is 30.2 Å². The topological polar surface area (TPSA) is 17.1 Å². The second kappa shape index (κ2) is 3.74. The van der Waals surface area contributed by atoms with Gasteiger partial charge in [0.2, 0.25) is 0 Å². The van der Waals surface area contributed by atoms with Crippen LogP contribution in [0.25, 0.3) is 0 Å². The summed E-state index contributed by atoms with van der Waals surface area (Å²) in [6.07, 6.45) is 3.24. The maximum Gasteiger partial charge on any atom is 0.167 e. The molecule has 0 spiro atoms. The molecule has 74 valence electrons. The normalized spacial score (nSPS) is 16.4. The van der Waals surface area contributed by atoms with Gasteiger partial charge in [-0.05, 0) is 31.4 Å². The zero-order valence-corrected chi connectivity index (χ0v) is 8.97. The zero-order valence-electron chi connectivity index (χ0n) is 8.22. The molecule has 2 rings (SSSR count). The molecule has 1 aromatic carbocycles. The number of rotatable bonds is 2. The van der Waals surface area contributed by atoms with Crippen LogP contribution in [-0.4, -0.2) is 5.78 Å². The second-order valence-electron chi connectivity index (χ2n) is 3.93. The molecule has 14 heavy (non-hydrogen) atoms. The number of hydrogen-bond donors (Lipinski definition) is 0. The number of Topliss-reactive ketones (excluding diaryl/α,β-unsaturated/α-hetero) is 1. The summed E-state index contributed by atoms with van der Waals surface area (Å²) in [5, 5.41) is 0.629. The summed E-state index contributed by atoms with van der Waals surface area (Å²) in [5.41, 5.74) is 1.69. The van der Waals surface area contributed by atoms with Crippen molar-refractivity contribution in [2.24, 2.45) is 5.92 Å². The lowest BCUT2D eigenvalue weighted by Gasteiger charge is -2.24. The third-order valence-corrected chi connectivity index (χ3v) is 3.43. The monoisotopic (exact) mass is 208 g/mol. The van der Waals surface area contributed by atoms with E-state index < -0.39 is 0 Å². The van der Waals surface area contributed by atoms with Gasteiger partial charge in [0, 0.05) is 11.5 Å². The molecule has 1 aliphatic carbocycles. The van der Waals surface area contributed by atoms with Gasteiger partial charge in [0.05, 0.1) is 5.02 Å². The molecule has 0 bridgehead atoms. The molecule has 0 aromatic heterocycles. The Bertz CT molecular complexity index is 367.